The SMILES string of the molecule is CCOCC(=O)N1CCO[C@@H]2CCCC[C@H]21. The second kappa shape index (κ2) is 5.64. The number of morpholine rings is 1. The number of ether oxygens (including phenoxy) is 2. The van der Waals surface area contributed by atoms with Gasteiger partial charge in [0.2, 0.25) is 5.91 Å². The van der Waals surface area contributed by atoms with Gasteiger partial charge in [-0.15, -0.1) is 0 Å². The topological polar surface area (TPSA) is 38.8 Å². The fraction of sp³-hybridized carbons (Fsp3) is 0.917. The maximum Gasteiger partial charge on any atom is 0.248 e. The number of carbonyl (C=O) groups is 1. The molecular formula is C12H21NO3. The molecule has 1 heterocycles. The minimum absolute atomic E-state index is 0.127. The number of hydrogen-bond donors (Lipinski definition) is 0. The molecule has 2 fully saturated rings. The van der Waals surface area contributed by atoms with E-state index in [-0.39, 0.29) is 18.6 Å². The molecule has 0 aromatic rings. The monoisotopic (exact) mass is 227 g/mol. The Morgan fingerprint density at radius 1 is 1.44 bits per heavy atom. The van der Waals surface area contributed by atoms with Gasteiger partial charge >= 0.3 is 0 Å². The van der Waals surface area contributed by atoms with E-state index in [4.69, 9.17) is 9.47 Å². The van der Waals surface area contributed by atoms with Crippen LogP contribution < -0.4 is 0 Å². The van der Waals surface area contributed by atoms with Gasteiger partial charge in [-0.1, -0.05) is 12.8 Å². The van der Waals surface area contributed by atoms with Gasteiger partial charge < -0.3 is 14.4 Å². The largest absolute Gasteiger partial charge is 0.374 e. The van der Waals surface area contributed by atoms with Gasteiger partial charge in [0.15, 0.2) is 0 Å². The predicted octanol–water partition coefficient (Wildman–Crippen LogP) is 1.19. The Labute approximate surface area is 96.9 Å². The Morgan fingerprint density at radius 2 is 2.25 bits per heavy atom. The summed E-state index contributed by atoms with van der Waals surface area (Å²) in [5.41, 5.74) is 0. The van der Waals surface area contributed by atoms with E-state index >= 15 is 0 Å². The van der Waals surface area contributed by atoms with Crippen LogP contribution in [-0.4, -0.2) is 49.3 Å². The van der Waals surface area contributed by atoms with Crippen LogP contribution in [0.25, 0.3) is 0 Å². The van der Waals surface area contributed by atoms with E-state index in [1.54, 1.807) is 0 Å². The lowest BCUT2D eigenvalue weighted by atomic mass is 9.90. The molecule has 16 heavy (non-hydrogen) atoms. The lowest BCUT2D eigenvalue weighted by Crippen LogP contribution is -2.55. The first-order valence-corrected chi connectivity index (χ1v) is 6.31. The molecule has 4 nitrogen and oxygen atoms in total. The molecular weight excluding hydrogens is 206 g/mol. The molecule has 0 radical (unpaired) electrons. The molecule has 0 aromatic heterocycles. The summed E-state index contributed by atoms with van der Waals surface area (Å²) in [6.45, 7) is 4.14. The minimum Gasteiger partial charge on any atom is -0.374 e. The first kappa shape index (κ1) is 11.9. The number of hydrogen-bond acceptors (Lipinski definition) is 3. The van der Waals surface area contributed by atoms with Crippen molar-refractivity contribution in [2.24, 2.45) is 0 Å². The minimum atomic E-state index is 0.127. The van der Waals surface area contributed by atoms with Gasteiger partial charge in [0.05, 0.1) is 18.8 Å². The van der Waals surface area contributed by atoms with Gasteiger partial charge in [-0.2, -0.15) is 0 Å². The predicted molar refractivity (Wildman–Crippen MR) is 60.2 cm³/mol. The quantitative estimate of drug-likeness (QED) is 0.727. The van der Waals surface area contributed by atoms with Gasteiger partial charge in [-0.3, -0.25) is 4.79 Å². The summed E-state index contributed by atoms with van der Waals surface area (Å²) in [6.07, 6.45) is 4.90. The van der Waals surface area contributed by atoms with Gasteiger partial charge in [0.25, 0.3) is 0 Å². The maximum atomic E-state index is 12.0. The molecule has 1 saturated heterocycles. The first-order chi connectivity index (χ1) is 7.83. The highest BCUT2D eigenvalue weighted by Gasteiger charge is 2.36. The molecule has 4 heteroatoms. The van der Waals surface area contributed by atoms with Crippen molar-refractivity contribution in [3.05, 3.63) is 0 Å². The number of nitrogens with zero attached hydrogens (tertiary/aromatic N) is 1. The van der Waals surface area contributed by atoms with Crippen LogP contribution in [-0.2, 0) is 14.3 Å². The zero-order chi connectivity index (χ0) is 11.4. The Balaban J connectivity index is 1.93. The third-order valence-corrected chi connectivity index (χ3v) is 3.48. The Kier molecular flexibility index (Phi) is 4.18. The van der Waals surface area contributed by atoms with Crippen molar-refractivity contribution in [2.45, 2.75) is 44.8 Å². The van der Waals surface area contributed by atoms with Crippen LogP contribution in [0.15, 0.2) is 0 Å². The molecule has 0 bridgehead atoms. The Hall–Kier alpha value is -0.610. The molecule has 1 saturated carbocycles. The molecule has 1 aliphatic carbocycles. The van der Waals surface area contributed by atoms with Crippen molar-refractivity contribution in [1.82, 2.24) is 4.90 Å². The summed E-state index contributed by atoms with van der Waals surface area (Å²) in [6, 6.07) is 0.301. The van der Waals surface area contributed by atoms with E-state index in [0.29, 0.717) is 19.3 Å². The van der Waals surface area contributed by atoms with E-state index in [1.165, 1.54) is 12.8 Å². The van der Waals surface area contributed by atoms with Crippen LogP contribution >= 0.6 is 0 Å². The zero-order valence-electron chi connectivity index (χ0n) is 9.98. The van der Waals surface area contributed by atoms with Crippen molar-refractivity contribution < 1.29 is 14.3 Å². The smallest absolute Gasteiger partial charge is 0.248 e. The molecule has 92 valence electrons. The molecule has 0 aromatic carbocycles. The maximum absolute atomic E-state index is 12.0. The molecule has 0 N–H and O–H groups in total. The van der Waals surface area contributed by atoms with E-state index in [1.807, 2.05) is 11.8 Å². The van der Waals surface area contributed by atoms with Crippen LogP contribution in [0.5, 0.6) is 0 Å². The highest BCUT2D eigenvalue weighted by Crippen LogP contribution is 2.28. The summed E-state index contributed by atoms with van der Waals surface area (Å²) in [5.74, 6) is 0.127. The fourth-order valence-corrected chi connectivity index (χ4v) is 2.68. The molecule has 1 amide bonds. The lowest BCUT2D eigenvalue weighted by molar-refractivity contribution is -0.153. The number of carbonyl (C=O) groups excluding carboxylic acids is 1. The van der Waals surface area contributed by atoms with E-state index in [2.05, 4.69) is 0 Å². The highest BCUT2D eigenvalue weighted by molar-refractivity contribution is 5.78. The first-order valence-electron chi connectivity index (χ1n) is 6.31. The third-order valence-electron chi connectivity index (χ3n) is 3.48. The molecule has 2 atom stereocenters. The Morgan fingerprint density at radius 3 is 3.06 bits per heavy atom. The molecule has 1 aliphatic heterocycles. The summed E-state index contributed by atoms with van der Waals surface area (Å²) in [4.78, 5) is 13.9. The highest BCUT2D eigenvalue weighted by atomic mass is 16.5. The van der Waals surface area contributed by atoms with Gasteiger partial charge in [0.1, 0.15) is 6.61 Å². The zero-order valence-corrected chi connectivity index (χ0v) is 9.98. The van der Waals surface area contributed by atoms with E-state index in [0.717, 1.165) is 19.4 Å². The van der Waals surface area contributed by atoms with Crippen molar-refractivity contribution in [3.63, 3.8) is 0 Å². The number of rotatable bonds is 3. The molecule has 2 rings (SSSR count). The van der Waals surface area contributed by atoms with Gasteiger partial charge in [-0.25, -0.2) is 0 Å². The summed E-state index contributed by atoms with van der Waals surface area (Å²) < 4.78 is 10.9. The summed E-state index contributed by atoms with van der Waals surface area (Å²) in [7, 11) is 0. The standard InChI is InChI=1S/C12H21NO3/c1-2-15-9-12(14)13-7-8-16-11-6-4-3-5-10(11)13/h10-11H,2-9H2,1H3/t10-,11-/m1/s1. The summed E-state index contributed by atoms with van der Waals surface area (Å²) in [5, 5.41) is 0. The molecule has 2 aliphatic rings. The van der Waals surface area contributed by atoms with Crippen LogP contribution in [0, 0.1) is 0 Å². The van der Waals surface area contributed by atoms with Crippen molar-refractivity contribution >= 4 is 5.91 Å². The second-order valence-corrected chi connectivity index (χ2v) is 4.49. The average molecular weight is 227 g/mol. The average Bonchev–Trinajstić information content (AvgIpc) is 2.35. The van der Waals surface area contributed by atoms with Crippen molar-refractivity contribution in [2.75, 3.05) is 26.4 Å². The summed E-state index contributed by atoms with van der Waals surface area (Å²) >= 11 is 0. The van der Waals surface area contributed by atoms with Gasteiger partial charge in [-0.05, 0) is 19.8 Å². The van der Waals surface area contributed by atoms with E-state index < -0.39 is 0 Å². The van der Waals surface area contributed by atoms with Crippen molar-refractivity contribution in [1.29, 1.82) is 0 Å². The lowest BCUT2D eigenvalue weighted by Gasteiger charge is -2.43. The third kappa shape index (κ3) is 2.55. The van der Waals surface area contributed by atoms with Gasteiger partial charge in [0, 0.05) is 13.2 Å². The normalized spacial score (nSPS) is 29.9. The number of amides is 1. The van der Waals surface area contributed by atoms with Crippen LogP contribution in [0.3, 0.4) is 0 Å². The Bertz CT molecular complexity index is 242. The van der Waals surface area contributed by atoms with Crippen molar-refractivity contribution in [3.8, 4) is 0 Å². The van der Waals surface area contributed by atoms with Crippen LogP contribution in [0.2, 0.25) is 0 Å². The van der Waals surface area contributed by atoms with E-state index in [9.17, 15) is 4.79 Å². The second-order valence-electron chi connectivity index (χ2n) is 4.49. The number of fused-ring (bicyclic) bond motifs is 1. The molecule has 0 spiro atoms. The van der Waals surface area contributed by atoms with Crippen LogP contribution in [0.4, 0.5) is 0 Å². The van der Waals surface area contributed by atoms with Crippen LogP contribution in [0.1, 0.15) is 32.6 Å². The molecule has 0 unspecified atom stereocenters. The fourth-order valence-electron chi connectivity index (χ4n) is 2.68.